The predicted octanol–water partition coefficient (Wildman–Crippen LogP) is 2.32. The number of nitrogens with two attached hydrogens (primary N) is 2. The summed E-state index contributed by atoms with van der Waals surface area (Å²) in [6, 6.07) is 5.38. The quantitative estimate of drug-likeness (QED) is 0.840. The van der Waals surface area contributed by atoms with Crippen molar-refractivity contribution in [3.8, 4) is 5.75 Å². The lowest BCUT2D eigenvalue weighted by Gasteiger charge is -2.17. The Morgan fingerprint density at radius 1 is 1.24 bits per heavy atom. The molecule has 3 nitrogen and oxygen atoms in total. The average molecular weight is 248 g/mol. The van der Waals surface area contributed by atoms with Gasteiger partial charge in [-0.25, -0.2) is 0 Å². The Bertz CT molecular complexity index is 355. The maximum absolute atomic E-state index is 12.2. The fraction of sp³-hybridized carbons (Fsp3) is 0.455. The molecule has 96 valence electrons. The summed E-state index contributed by atoms with van der Waals surface area (Å²) in [6.07, 6.45) is -3.53. The van der Waals surface area contributed by atoms with E-state index >= 15 is 0 Å². The van der Waals surface area contributed by atoms with Crippen molar-refractivity contribution in [3.05, 3.63) is 29.8 Å². The Kier molecular flexibility index (Phi) is 4.77. The Labute approximate surface area is 97.5 Å². The van der Waals surface area contributed by atoms with Crippen LogP contribution in [0.3, 0.4) is 0 Å². The van der Waals surface area contributed by atoms with E-state index in [1.54, 1.807) is 6.07 Å². The minimum absolute atomic E-state index is 0.246. The van der Waals surface area contributed by atoms with Gasteiger partial charge < -0.3 is 16.2 Å². The molecule has 1 aromatic rings. The second-order valence-corrected chi connectivity index (χ2v) is 3.62. The first-order valence-corrected chi connectivity index (χ1v) is 5.24. The molecule has 4 N–H and O–H groups in total. The van der Waals surface area contributed by atoms with Gasteiger partial charge in [-0.3, -0.25) is 0 Å². The maximum Gasteiger partial charge on any atom is 0.573 e. The number of hydrogen-bond acceptors (Lipinski definition) is 3. The van der Waals surface area contributed by atoms with Gasteiger partial charge in [-0.1, -0.05) is 18.2 Å². The number of halogens is 3. The number of benzene rings is 1. The predicted molar refractivity (Wildman–Crippen MR) is 58.3 cm³/mol. The van der Waals surface area contributed by atoms with Crippen LogP contribution in [-0.2, 0) is 0 Å². The van der Waals surface area contributed by atoms with Crippen molar-refractivity contribution in [1.29, 1.82) is 0 Å². The molecule has 0 heterocycles. The van der Waals surface area contributed by atoms with Crippen LogP contribution in [0.5, 0.6) is 5.75 Å². The summed E-state index contributed by atoms with van der Waals surface area (Å²) in [6.45, 7) is 0.454. The lowest BCUT2D eigenvalue weighted by molar-refractivity contribution is -0.275. The van der Waals surface area contributed by atoms with E-state index in [1.165, 1.54) is 18.2 Å². The zero-order valence-corrected chi connectivity index (χ0v) is 9.20. The third-order valence-corrected chi connectivity index (χ3v) is 2.26. The van der Waals surface area contributed by atoms with Crippen molar-refractivity contribution in [2.24, 2.45) is 11.5 Å². The lowest BCUT2D eigenvalue weighted by Crippen LogP contribution is -2.20. The van der Waals surface area contributed by atoms with Gasteiger partial charge in [0.1, 0.15) is 5.75 Å². The Hall–Kier alpha value is -1.27. The van der Waals surface area contributed by atoms with Crippen LogP contribution in [-0.4, -0.2) is 12.9 Å². The molecule has 6 heteroatoms. The Morgan fingerprint density at radius 2 is 1.88 bits per heavy atom. The number of rotatable bonds is 5. The molecule has 0 aliphatic rings. The second-order valence-electron chi connectivity index (χ2n) is 3.62. The van der Waals surface area contributed by atoms with Gasteiger partial charge >= 0.3 is 6.36 Å². The van der Waals surface area contributed by atoms with Crippen LogP contribution in [0.15, 0.2) is 24.3 Å². The molecular weight excluding hydrogens is 233 g/mol. The van der Waals surface area contributed by atoms with Crippen LogP contribution in [0.1, 0.15) is 24.4 Å². The van der Waals surface area contributed by atoms with Crippen molar-refractivity contribution in [1.82, 2.24) is 0 Å². The molecule has 0 aromatic heterocycles. The standard InChI is InChI=1S/C11H15F3N2O/c12-11(13,14)17-10-6-2-1-4-8(10)9(16)5-3-7-15/h1-2,4,6,9H,3,5,7,15-16H2/t9-/m1/s1. The van der Waals surface area contributed by atoms with Gasteiger partial charge in [0.25, 0.3) is 0 Å². The summed E-state index contributed by atoms with van der Waals surface area (Å²) in [5.74, 6) is -0.246. The van der Waals surface area contributed by atoms with E-state index in [9.17, 15) is 13.2 Å². The lowest BCUT2D eigenvalue weighted by atomic mass is 10.0. The first kappa shape index (κ1) is 13.8. The molecule has 0 aliphatic carbocycles. The highest BCUT2D eigenvalue weighted by Crippen LogP contribution is 2.30. The van der Waals surface area contributed by atoms with Crippen LogP contribution in [0.25, 0.3) is 0 Å². The van der Waals surface area contributed by atoms with Crippen LogP contribution < -0.4 is 16.2 Å². The van der Waals surface area contributed by atoms with Crippen LogP contribution in [0.4, 0.5) is 13.2 Å². The number of ether oxygens (including phenoxy) is 1. The highest BCUT2D eigenvalue weighted by atomic mass is 19.4. The minimum Gasteiger partial charge on any atom is -0.405 e. The normalized spacial score (nSPS) is 13.5. The molecule has 0 saturated carbocycles. The number of para-hydroxylation sites is 1. The van der Waals surface area contributed by atoms with Gasteiger partial charge in [0.2, 0.25) is 0 Å². The Morgan fingerprint density at radius 3 is 2.47 bits per heavy atom. The van der Waals surface area contributed by atoms with Gasteiger partial charge in [0.15, 0.2) is 0 Å². The van der Waals surface area contributed by atoms with Crippen LogP contribution in [0, 0.1) is 0 Å². The SMILES string of the molecule is NCCC[C@@H](N)c1ccccc1OC(F)(F)F. The topological polar surface area (TPSA) is 61.3 Å². The van der Waals surface area contributed by atoms with Crippen molar-refractivity contribution in [2.75, 3.05) is 6.54 Å². The first-order chi connectivity index (χ1) is 7.94. The molecule has 0 fully saturated rings. The first-order valence-electron chi connectivity index (χ1n) is 5.24. The smallest absolute Gasteiger partial charge is 0.405 e. The summed E-state index contributed by atoms with van der Waals surface area (Å²) in [4.78, 5) is 0. The van der Waals surface area contributed by atoms with E-state index in [4.69, 9.17) is 11.5 Å². The fourth-order valence-electron chi connectivity index (χ4n) is 1.50. The maximum atomic E-state index is 12.2. The third kappa shape index (κ3) is 4.62. The van der Waals surface area contributed by atoms with Gasteiger partial charge in [-0.2, -0.15) is 0 Å². The fourth-order valence-corrected chi connectivity index (χ4v) is 1.50. The van der Waals surface area contributed by atoms with Crippen molar-refractivity contribution >= 4 is 0 Å². The zero-order valence-electron chi connectivity index (χ0n) is 9.20. The van der Waals surface area contributed by atoms with E-state index in [0.29, 0.717) is 24.9 Å². The van der Waals surface area contributed by atoms with Gasteiger partial charge in [-0.15, -0.1) is 13.2 Å². The molecule has 1 atom stereocenters. The van der Waals surface area contributed by atoms with Gasteiger partial charge in [0, 0.05) is 11.6 Å². The van der Waals surface area contributed by atoms with Gasteiger partial charge in [0.05, 0.1) is 0 Å². The number of hydrogen-bond donors (Lipinski definition) is 2. The van der Waals surface area contributed by atoms with Crippen molar-refractivity contribution in [2.45, 2.75) is 25.2 Å². The molecule has 1 aromatic carbocycles. The van der Waals surface area contributed by atoms with E-state index in [0.717, 1.165) is 0 Å². The van der Waals surface area contributed by atoms with E-state index in [-0.39, 0.29) is 5.75 Å². The van der Waals surface area contributed by atoms with Gasteiger partial charge in [-0.05, 0) is 25.5 Å². The van der Waals surface area contributed by atoms with Crippen LogP contribution in [0.2, 0.25) is 0 Å². The molecule has 0 aliphatic heterocycles. The molecule has 0 radical (unpaired) electrons. The van der Waals surface area contributed by atoms with Crippen molar-refractivity contribution in [3.63, 3.8) is 0 Å². The molecule has 1 rings (SSSR count). The summed E-state index contributed by atoms with van der Waals surface area (Å²) in [5.41, 5.74) is 11.5. The van der Waals surface area contributed by atoms with Crippen molar-refractivity contribution < 1.29 is 17.9 Å². The minimum atomic E-state index is -4.70. The Balaban J connectivity index is 2.83. The molecule has 0 spiro atoms. The number of alkyl halides is 3. The van der Waals surface area contributed by atoms with E-state index < -0.39 is 12.4 Å². The van der Waals surface area contributed by atoms with E-state index in [2.05, 4.69) is 4.74 Å². The molecule has 0 unspecified atom stereocenters. The van der Waals surface area contributed by atoms with E-state index in [1.807, 2.05) is 0 Å². The molecule has 0 bridgehead atoms. The third-order valence-electron chi connectivity index (χ3n) is 2.26. The van der Waals surface area contributed by atoms with Crippen LogP contribution >= 0.6 is 0 Å². The monoisotopic (exact) mass is 248 g/mol. The highest BCUT2D eigenvalue weighted by Gasteiger charge is 2.32. The molecule has 0 saturated heterocycles. The summed E-state index contributed by atoms with van der Waals surface area (Å²) in [7, 11) is 0. The second kappa shape index (κ2) is 5.88. The molecule has 0 amide bonds. The zero-order chi connectivity index (χ0) is 12.9. The summed E-state index contributed by atoms with van der Waals surface area (Å²) in [5, 5.41) is 0. The summed E-state index contributed by atoms with van der Waals surface area (Å²) >= 11 is 0. The summed E-state index contributed by atoms with van der Waals surface area (Å²) < 4.78 is 40.4. The highest BCUT2D eigenvalue weighted by molar-refractivity contribution is 5.35. The molecular formula is C11H15F3N2O. The average Bonchev–Trinajstić information content (AvgIpc) is 2.24. The molecule has 17 heavy (non-hydrogen) atoms. The largest absolute Gasteiger partial charge is 0.573 e.